The van der Waals surface area contributed by atoms with Gasteiger partial charge in [-0.15, -0.1) is 24.0 Å². The molecular weight excluding hydrogens is 489 g/mol. The Kier molecular flexibility index (Phi) is 10.1. The summed E-state index contributed by atoms with van der Waals surface area (Å²) in [6.07, 6.45) is 3.54. The van der Waals surface area contributed by atoms with Gasteiger partial charge in [-0.3, -0.25) is 0 Å². The second-order valence-electron chi connectivity index (χ2n) is 7.90. The van der Waals surface area contributed by atoms with Crippen LogP contribution in [0.3, 0.4) is 0 Å². The SMILES string of the molecule is CCNC(=NCc1ccccc1-n1nc(C)cc1C)N(C)CCC1CCOCC1.I. The van der Waals surface area contributed by atoms with Gasteiger partial charge in [-0.25, -0.2) is 9.67 Å². The van der Waals surface area contributed by atoms with E-state index in [-0.39, 0.29) is 24.0 Å². The molecule has 3 rings (SSSR count). The van der Waals surface area contributed by atoms with Crippen molar-refractivity contribution in [2.45, 2.75) is 46.6 Å². The highest BCUT2D eigenvalue weighted by Crippen LogP contribution is 2.19. The van der Waals surface area contributed by atoms with E-state index in [2.05, 4.69) is 66.5 Å². The third kappa shape index (κ3) is 6.70. The number of hydrogen-bond donors (Lipinski definition) is 1. The average Bonchev–Trinajstić information content (AvgIpc) is 3.08. The number of nitrogens with one attached hydrogen (secondary N) is 1. The molecule has 1 aliphatic rings. The molecule has 1 fully saturated rings. The Bertz CT molecular complexity index is 814. The van der Waals surface area contributed by atoms with E-state index < -0.39 is 0 Å². The molecule has 0 atom stereocenters. The maximum absolute atomic E-state index is 5.48. The molecule has 1 aromatic heterocycles. The van der Waals surface area contributed by atoms with Crippen LogP contribution in [0.2, 0.25) is 0 Å². The molecule has 1 N–H and O–H groups in total. The summed E-state index contributed by atoms with van der Waals surface area (Å²) in [5.74, 6) is 1.73. The Morgan fingerprint density at radius 1 is 1.27 bits per heavy atom. The van der Waals surface area contributed by atoms with E-state index in [0.29, 0.717) is 6.54 Å². The monoisotopic (exact) mass is 525 g/mol. The molecule has 1 saturated heterocycles. The summed E-state index contributed by atoms with van der Waals surface area (Å²) in [5, 5.41) is 8.10. The predicted molar refractivity (Wildman–Crippen MR) is 134 cm³/mol. The number of aryl methyl sites for hydroxylation is 2. The second kappa shape index (κ2) is 12.3. The summed E-state index contributed by atoms with van der Waals surface area (Å²) in [6.45, 7) is 10.5. The quantitative estimate of drug-likeness (QED) is 0.333. The number of hydrogen-bond acceptors (Lipinski definition) is 3. The van der Waals surface area contributed by atoms with Gasteiger partial charge in [0.25, 0.3) is 0 Å². The van der Waals surface area contributed by atoms with Gasteiger partial charge in [-0.2, -0.15) is 5.10 Å². The van der Waals surface area contributed by atoms with Crippen LogP contribution in [-0.4, -0.2) is 54.0 Å². The van der Waals surface area contributed by atoms with Crippen LogP contribution in [0.25, 0.3) is 5.69 Å². The predicted octanol–water partition coefficient (Wildman–Crippen LogP) is 4.32. The first-order valence-corrected chi connectivity index (χ1v) is 10.8. The van der Waals surface area contributed by atoms with Gasteiger partial charge < -0.3 is 15.0 Å². The lowest BCUT2D eigenvalue weighted by molar-refractivity contribution is 0.0625. The molecule has 30 heavy (non-hydrogen) atoms. The summed E-state index contributed by atoms with van der Waals surface area (Å²) in [6, 6.07) is 10.5. The fourth-order valence-corrected chi connectivity index (χ4v) is 3.87. The Balaban J connectivity index is 0.00000320. The number of aromatic nitrogens is 2. The number of ether oxygens (including phenoxy) is 1. The highest BCUT2D eigenvalue weighted by Gasteiger charge is 2.16. The van der Waals surface area contributed by atoms with Crippen molar-refractivity contribution in [3.63, 3.8) is 0 Å². The van der Waals surface area contributed by atoms with Gasteiger partial charge in [0.15, 0.2) is 5.96 Å². The number of aliphatic imine (C=N–C) groups is 1. The van der Waals surface area contributed by atoms with Crippen LogP contribution >= 0.6 is 24.0 Å². The van der Waals surface area contributed by atoms with E-state index in [1.165, 1.54) is 24.8 Å². The van der Waals surface area contributed by atoms with Gasteiger partial charge in [0.1, 0.15) is 0 Å². The van der Waals surface area contributed by atoms with Gasteiger partial charge in [0.2, 0.25) is 0 Å². The second-order valence-corrected chi connectivity index (χ2v) is 7.90. The minimum Gasteiger partial charge on any atom is -0.381 e. The Morgan fingerprint density at radius 2 is 2.00 bits per heavy atom. The molecule has 2 heterocycles. The maximum atomic E-state index is 5.48. The number of rotatable bonds is 7. The van der Waals surface area contributed by atoms with E-state index in [0.717, 1.165) is 55.3 Å². The third-order valence-corrected chi connectivity index (χ3v) is 5.54. The van der Waals surface area contributed by atoms with E-state index in [9.17, 15) is 0 Å². The lowest BCUT2D eigenvalue weighted by Crippen LogP contribution is -2.40. The Hall–Kier alpha value is -1.61. The summed E-state index contributed by atoms with van der Waals surface area (Å²) in [4.78, 5) is 7.19. The van der Waals surface area contributed by atoms with Crippen molar-refractivity contribution in [2.24, 2.45) is 10.9 Å². The standard InChI is InChI=1S/C23H35N5O.HI/c1-5-24-23(27(4)13-10-20-11-14-29-15-12-20)25-17-21-8-6-7-9-22(21)28-19(3)16-18(2)26-28;/h6-9,16,20H,5,10-15,17H2,1-4H3,(H,24,25);1H. The lowest BCUT2D eigenvalue weighted by atomic mass is 9.96. The first-order valence-electron chi connectivity index (χ1n) is 10.8. The van der Waals surface area contributed by atoms with Crippen molar-refractivity contribution >= 4 is 29.9 Å². The maximum Gasteiger partial charge on any atom is 0.193 e. The number of nitrogens with zero attached hydrogens (tertiary/aromatic N) is 4. The van der Waals surface area contributed by atoms with Crippen LogP contribution in [0.5, 0.6) is 0 Å². The van der Waals surface area contributed by atoms with E-state index in [1.54, 1.807) is 0 Å². The largest absolute Gasteiger partial charge is 0.381 e. The van der Waals surface area contributed by atoms with Gasteiger partial charge in [0.05, 0.1) is 17.9 Å². The summed E-state index contributed by atoms with van der Waals surface area (Å²) in [7, 11) is 2.13. The number of guanidine groups is 1. The van der Waals surface area contributed by atoms with Crippen LogP contribution < -0.4 is 5.32 Å². The van der Waals surface area contributed by atoms with Crippen LogP contribution in [0, 0.1) is 19.8 Å². The first kappa shape index (κ1) is 24.7. The zero-order valence-electron chi connectivity index (χ0n) is 18.7. The van der Waals surface area contributed by atoms with Crippen LogP contribution in [-0.2, 0) is 11.3 Å². The van der Waals surface area contributed by atoms with Crippen molar-refractivity contribution in [2.75, 3.05) is 33.4 Å². The fourth-order valence-electron chi connectivity index (χ4n) is 3.87. The van der Waals surface area contributed by atoms with Gasteiger partial charge in [-0.05, 0) is 63.6 Å². The molecule has 0 unspecified atom stereocenters. The zero-order chi connectivity index (χ0) is 20.6. The Labute approximate surface area is 198 Å². The molecule has 0 aliphatic carbocycles. The summed E-state index contributed by atoms with van der Waals surface area (Å²) in [5.41, 5.74) is 4.44. The number of halogens is 1. The first-order chi connectivity index (χ1) is 14.1. The van der Waals surface area contributed by atoms with E-state index >= 15 is 0 Å². The molecule has 6 nitrogen and oxygen atoms in total. The molecule has 0 bridgehead atoms. The van der Waals surface area contributed by atoms with Crippen LogP contribution in [0.15, 0.2) is 35.3 Å². The fraction of sp³-hybridized carbons (Fsp3) is 0.565. The number of para-hydroxylation sites is 1. The van der Waals surface area contributed by atoms with Crippen molar-refractivity contribution < 1.29 is 4.74 Å². The molecule has 7 heteroatoms. The van der Waals surface area contributed by atoms with Crippen molar-refractivity contribution in [3.8, 4) is 5.69 Å². The van der Waals surface area contributed by atoms with Crippen molar-refractivity contribution in [3.05, 3.63) is 47.3 Å². The van der Waals surface area contributed by atoms with Gasteiger partial charge in [0, 0.05) is 39.0 Å². The van der Waals surface area contributed by atoms with Crippen molar-refractivity contribution in [1.29, 1.82) is 0 Å². The van der Waals surface area contributed by atoms with Crippen molar-refractivity contribution in [1.82, 2.24) is 20.0 Å². The molecule has 0 saturated carbocycles. The third-order valence-electron chi connectivity index (χ3n) is 5.54. The summed E-state index contributed by atoms with van der Waals surface area (Å²) < 4.78 is 7.50. The Morgan fingerprint density at radius 3 is 2.67 bits per heavy atom. The molecular formula is C23H36IN5O. The highest BCUT2D eigenvalue weighted by atomic mass is 127. The van der Waals surface area contributed by atoms with E-state index in [1.807, 2.05) is 11.6 Å². The highest BCUT2D eigenvalue weighted by molar-refractivity contribution is 14.0. The van der Waals surface area contributed by atoms with E-state index in [4.69, 9.17) is 9.73 Å². The van der Waals surface area contributed by atoms with Crippen LogP contribution in [0.1, 0.15) is 43.1 Å². The smallest absolute Gasteiger partial charge is 0.193 e. The average molecular weight is 525 g/mol. The molecule has 1 aromatic carbocycles. The van der Waals surface area contributed by atoms with Gasteiger partial charge >= 0.3 is 0 Å². The minimum atomic E-state index is 0. The molecule has 2 aromatic rings. The molecule has 0 spiro atoms. The van der Waals surface area contributed by atoms with Crippen LogP contribution in [0.4, 0.5) is 0 Å². The molecule has 0 radical (unpaired) electrons. The topological polar surface area (TPSA) is 54.7 Å². The van der Waals surface area contributed by atoms with Gasteiger partial charge in [-0.1, -0.05) is 18.2 Å². The minimum absolute atomic E-state index is 0. The number of benzene rings is 1. The normalized spacial score (nSPS) is 15.0. The summed E-state index contributed by atoms with van der Waals surface area (Å²) >= 11 is 0. The molecule has 1 aliphatic heterocycles. The molecule has 0 amide bonds. The zero-order valence-corrected chi connectivity index (χ0v) is 21.1. The lowest BCUT2D eigenvalue weighted by Gasteiger charge is -2.27. The molecule has 166 valence electrons.